The zero-order valence-electron chi connectivity index (χ0n) is 7.09. The fourth-order valence-electron chi connectivity index (χ4n) is 1.77. The van der Waals surface area contributed by atoms with Crippen molar-refractivity contribution in [1.29, 1.82) is 0 Å². The van der Waals surface area contributed by atoms with E-state index in [0.29, 0.717) is 0 Å². The van der Waals surface area contributed by atoms with E-state index in [0.717, 1.165) is 0 Å². The van der Waals surface area contributed by atoms with Crippen LogP contribution in [0, 0.1) is 0 Å². The average molecular weight is 147 g/mol. The van der Waals surface area contributed by atoms with E-state index in [-0.39, 0.29) is 0 Å². The van der Waals surface area contributed by atoms with Crippen molar-refractivity contribution in [2.75, 3.05) is 0 Å². The summed E-state index contributed by atoms with van der Waals surface area (Å²) >= 11 is 0. The normalized spacial score (nSPS) is 16.0. The van der Waals surface area contributed by atoms with Crippen LogP contribution in [-0.2, 0) is 13.5 Å². The Labute approximate surface area is 67.3 Å². The monoisotopic (exact) mass is 147 g/mol. The standard InChI is InChI=1S/C10H13N/c1-8-4-3-5-10-9(8)6-7-11(10)2/h4,6-7H,3,5H2,1-2H3. The van der Waals surface area contributed by atoms with E-state index in [1.54, 1.807) is 0 Å². The van der Waals surface area contributed by atoms with Crippen LogP contribution in [0.4, 0.5) is 0 Å². The molecule has 1 aliphatic carbocycles. The van der Waals surface area contributed by atoms with Gasteiger partial charge in [0.1, 0.15) is 0 Å². The molecular formula is C10H13N. The molecule has 0 saturated carbocycles. The number of aromatic nitrogens is 1. The molecule has 0 N–H and O–H groups in total. The van der Waals surface area contributed by atoms with Gasteiger partial charge in [-0.2, -0.15) is 0 Å². The topological polar surface area (TPSA) is 4.93 Å². The molecule has 1 aromatic rings. The number of hydrogen-bond donors (Lipinski definition) is 0. The first-order valence-corrected chi connectivity index (χ1v) is 4.10. The summed E-state index contributed by atoms with van der Waals surface area (Å²) in [5, 5.41) is 0. The van der Waals surface area contributed by atoms with Gasteiger partial charge in [0, 0.05) is 18.9 Å². The van der Waals surface area contributed by atoms with Gasteiger partial charge in [0.05, 0.1) is 0 Å². The fourth-order valence-corrected chi connectivity index (χ4v) is 1.77. The van der Waals surface area contributed by atoms with Crippen molar-refractivity contribution in [3.63, 3.8) is 0 Å². The first kappa shape index (κ1) is 6.71. The molecule has 0 spiro atoms. The second-order valence-corrected chi connectivity index (χ2v) is 3.21. The average Bonchev–Trinajstić information content (AvgIpc) is 2.35. The summed E-state index contributed by atoms with van der Waals surface area (Å²) in [5.41, 5.74) is 4.37. The maximum Gasteiger partial charge on any atom is 0.0250 e. The van der Waals surface area contributed by atoms with Gasteiger partial charge in [-0.3, -0.25) is 0 Å². The predicted molar refractivity (Wildman–Crippen MR) is 47.4 cm³/mol. The molecule has 0 unspecified atom stereocenters. The molecule has 0 saturated heterocycles. The molecule has 0 aromatic carbocycles. The Balaban J connectivity index is 2.58. The Kier molecular flexibility index (Phi) is 1.38. The van der Waals surface area contributed by atoms with Gasteiger partial charge in [-0.1, -0.05) is 6.08 Å². The largest absolute Gasteiger partial charge is 0.354 e. The number of fused-ring (bicyclic) bond motifs is 1. The molecule has 0 fully saturated rings. The quantitative estimate of drug-likeness (QED) is 0.531. The van der Waals surface area contributed by atoms with Crippen molar-refractivity contribution in [3.05, 3.63) is 29.6 Å². The molecule has 2 rings (SSSR count). The van der Waals surface area contributed by atoms with E-state index in [1.807, 2.05) is 0 Å². The minimum absolute atomic E-state index is 1.20. The lowest BCUT2D eigenvalue weighted by atomic mass is 9.98. The summed E-state index contributed by atoms with van der Waals surface area (Å²) in [6, 6.07) is 2.21. The zero-order valence-corrected chi connectivity index (χ0v) is 7.09. The van der Waals surface area contributed by atoms with Crippen LogP contribution in [-0.4, -0.2) is 4.57 Å². The van der Waals surface area contributed by atoms with E-state index in [4.69, 9.17) is 0 Å². The fraction of sp³-hybridized carbons (Fsp3) is 0.400. The van der Waals surface area contributed by atoms with Crippen LogP contribution in [0.5, 0.6) is 0 Å². The maximum atomic E-state index is 2.32. The van der Waals surface area contributed by atoms with Crippen molar-refractivity contribution >= 4 is 5.57 Å². The number of aryl methyl sites for hydroxylation is 1. The van der Waals surface area contributed by atoms with Crippen LogP contribution >= 0.6 is 0 Å². The number of nitrogens with zero attached hydrogens (tertiary/aromatic N) is 1. The molecule has 1 nitrogen and oxygen atoms in total. The third-order valence-electron chi connectivity index (χ3n) is 2.46. The van der Waals surface area contributed by atoms with Crippen molar-refractivity contribution in [1.82, 2.24) is 4.57 Å². The summed E-state index contributed by atoms with van der Waals surface area (Å²) < 4.78 is 2.23. The van der Waals surface area contributed by atoms with Crippen LogP contribution in [0.1, 0.15) is 24.6 Å². The highest BCUT2D eigenvalue weighted by molar-refractivity contribution is 5.67. The lowest BCUT2D eigenvalue weighted by Crippen LogP contribution is -2.01. The van der Waals surface area contributed by atoms with Gasteiger partial charge >= 0.3 is 0 Å². The van der Waals surface area contributed by atoms with E-state index in [1.165, 1.54) is 29.7 Å². The molecule has 0 aliphatic heterocycles. The minimum Gasteiger partial charge on any atom is -0.354 e. The Morgan fingerprint density at radius 3 is 3.00 bits per heavy atom. The van der Waals surface area contributed by atoms with Crippen LogP contribution < -0.4 is 0 Å². The van der Waals surface area contributed by atoms with Gasteiger partial charge in [0.15, 0.2) is 0 Å². The highest BCUT2D eigenvalue weighted by atomic mass is 14.9. The summed E-state index contributed by atoms with van der Waals surface area (Å²) in [6.45, 7) is 2.19. The molecule has 0 amide bonds. The minimum atomic E-state index is 1.20. The Morgan fingerprint density at radius 1 is 1.45 bits per heavy atom. The molecule has 0 atom stereocenters. The van der Waals surface area contributed by atoms with Gasteiger partial charge in [0.2, 0.25) is 0 Å². The number of rotatable bonds is 0. The van der Waals surface area contributed by atoms with Gasteiger partial charge in [-0.25, -0.2) is 0 Å². The highest BCUT2D eigenvalue weighted by Crippen LogP contribution is 2.25. The zero-order chi connectivity index (χ0) is 7.84. The lowest BCUT2D eigenvalue weighted by molar-refractivity contribution is 0.801. The van der Waals surface area contributed by atoms with E-state index < -0.39 is 0 Å². The van der Waals surface area contributed by atoms with E-state index in [9.17, 15) is 0 Å². The Hall–Kier alpha value is -0.980. The molecule has 58 valence electrons. The SMILES string of the molecule is CC1=CCCc2c1ccn2C. The van der Waals surface area contributed by atoms with Crippen molar-refractivity contribution in [3.8, 4) is 0 Å². The van der Waals surface area contributed by atoms with Crippen LogP contribution in [0.15, 0.2) is 18.3 Å². The second kappa shape index (κ2) is 2.26. The Morgan fingerprint density at radius 2 is 2.27 bits per heavy atom. The summed E-state index contributed by atoms with van der Waals surface area (Å²) in [4.78, 5) is 0. The molecular weight excluding hydrogens is 134 g/mol. The van der Waals surface area contributed by atoms with Crippen LogP contribution in [0.25, 0.3) is 5.57 Å². The molecule has 1 heterocycles. The van der Waals surface area contributed by atoms with Crippen LogP contribution in [0.3, 0.4) is 0 Å². The smallest absolute Gasteiger partial charge is 0.0250 e. The van der Waals surface area contributed by atoms with Gasteiger partial charge in [-0.05, 0) is 37.0 Å². The second-order valence-electron chi connectivity index (χ2n) is 3.21. The van der Waals surface area contributed by atoms with Crippen molar-refractivity contribution in [2.45, 2.75) is 19.8 Å². The first-order chi connectivity index (χ1) is 5.29. The Bertz CT molecular complexity index is 305. The molecule has 1 heteroatoms. The molecule has 0 radical (unpaired) electrons. The molecule has 1 aliphatic rings. The third-order valence-corrected chi connectivity index (χ3v) is 2.46. The number of hydrogen-bond acceptors (Lipinski definition) is 0. The maximum absolute atomic E-state index is 2.32. The summed E-state index contributed by atoms with van der Waals surface area (Å²) in [6.07, 6.45) is 6.88. The van der Waals surface area contributed by atoms with Crippen LogP contribution in [0.2, 0.25) is 0 Å². The van der Waals surface area contributed by atoms with Gasteiger partial charge in [0.25, 0.3) is 0 Å². The molecule has 1 aromatic heterocycles. The lowest BCUT2D eigenvalue weighted by Gasteiger charge is -2.11. The molecule has 11 heavy (non-hydrogen) atoms. The predicted octanol–water partition coefficient (Wildman–Crippen LogP) is 2.37. The highest BCUT2D eigenvalue weighted by Gasteiger charge is 2.11. The van der Waals surface area contributed by atoms with Crippen molar-refractivity contribution < 1.29 is 0 Å². The first-order valence-electron chi connectivity index (χ1n) is 4.10. The van der Waals surface area contributed by atoms with E-state index in [2.05, 4.69) is 36.9 Å². The van der Waals surface area contributed by atoms with Crippen molar-refractivity contribution in [2.24, 2.45) is 7.05 Å². The number of allylic oxidation sites excluding steroid dienone is 2. The summed E-state index contributed by atoms with van der Waals surface area (Å²) in [7, 11) is 2.12. The third kappa shape index (κ3) is 0.917. The molecule has 0 bridgehead atoms. The van der Waals surface area contributed by atoms with Gasteiger partial charge < -0.3 is 4.57 Å². The van der Waals surface area contributed by atoms with Gasteiger partial charge in [-0.15, -0.1) is 0 Å². The van der Waals surface area contributed by atoms with E-state index >= 15 is 0 Å². The summed E-state index contributed by atoms with van der Waals surface area (Å²) in [5.74, 6) is 0.